The highest BCUT2D eigenvalue weighted by Crippen LogP contribution is 2.21. The van der Waals surface area contributed by atoms with Crippen LogP contribution < -0.4 is 5.32 Å². The van der Waals surface area contributed by atoms with Gasteiger partial charge in [0.05, 0.1) is 18.8 Å². The summed E-state index contributed by atoms with van der Waals surface area (Å²) in [6, 6.07) is 1.74. The number of hydrogen-bond donors (Lipinski definition) is 3. The Morgan fingerprint density at radius 1 is 1.33 bits per heavy atom. The zero-order valence-electron chi connectivity index (χ0n) is 10.9. The molecule has 0 atom stereocenters. The van der Waals surface area contributed by atoms with Crippen molar-refractivity contribution in [3.8, 4) is 0 Å². The van der Waals surface area contributed by atoms with Crippen LogP contribution in [0, 0.1) is 0 Å². The number of aliphatic hydroxyl groups excluding tert-OH is 2. The van der Waals surface area contributed by atoms with E-state index >= 15 is 0 Å². The van der Waals surface area contributed by atoms with Crippen molar-refractivity contribution in [1.29, 1.82) is 0 Å². The van der Waals surface area contributed by atoms with Crippen molar-refractivity contribution in [2.45, 2.75) is 38.6 Å². The molecule has 1 aromatic rings. The van der Waals surface area contributed by atoms with Gasteiger partial charge in [0, 0.05) is 12.0 Å². The number of nitrogens with one attached hydrogen (secondary N) is 1. The van der Waals surface area contributed by atoms with Crippen LogP contribution in [0.3, 0.4) is 0 Å². The minimum atomic E-state index is -0.748. The molecule has 1 heterocycles. The third-order valence-electron chi connectivity index (χ3n) is 2.90. The number of rotatable bonds is 6. The molecule has 18 heavy (non-hydrogen) atoms. The van der Waals surface area contributed by atoms with E-state index in [1.165, 1.54) is 0 Å². The lowest BCUT2D eigenvalue weighted by molar-refractivity contribution is 0.132. The molecule has 0 fully saturated rings. The van der Waals surface area contributed by atoms with Gasteiger partial charge in [-0.2, -0.15) is 0 Å². The van der Waals surface area contributed by atoms with Gasteiger partial charge in [0.2, 0.25) is 0 Å². The summed E-state index contributed by atoms with van der Waals surface area (Å²) in [5, 5.41) is 21.9. The van der Waals surface area contributed by atoms with Crippen LogP contribution in [0.2, 0.25) is 0 Å². The van der Waals surface area contributed by atoms with Crippen LogP contribution in [0.5, 0.6) is 0 Å². The van der Waals surface area contributed by atoms with Crippen molar-refractivity contribution in [1.82, 2.24) is 9.97 Å². The van der Waals surface area contributed by atoms with Gasteiger partial charge in [-0.3, -0.25) is 0 Å². The van der Waals surface area contributed by atoms with Crippen molar-refractivity contribution < 1.29 is 10.2 Å². The summed E-state index contributed by atoms with van der Waals surface area (Å²) >= 11 is 3.34. The first-order valence-corrected chi connectivity index (χ1v) is 6.80. The summed E-state index contributed by atoms with van der Waals surface area (Å²) in [5.41, 5.74) is -0.748. The third-order valence-corrected chi connectivity index (χ3v) is 3.31. The smallest absolute Gasteiger partial charge is 0.134 e. The van der Waals surface area contributed by atoms with Gasteiger partial charge in [-0.15, -0.1) is 0 Å². The molecule has 0 amide bonds. The van der Waals surface area contributed by atoms with E-state index in [-0.39, 0.29) is 19.1 Å². The maximum absolute atomic E-state index is 9.41. The summed E-state index contributed by atoms with van der Waals surface area (Å²) in [5.74, 6) is 1.53. The SMILES string of the molecule is CCC(CO)(CO)Nc1cc(Br)nc(C(C)C)n1. The molecule has 0 bridgehead atoms. The quantitative estimate of drug-likeness (QED) is 0.698. The molecule has 0 aliphatic carbocycles. The molecule has 0 radical (unpaired) electrons. The average molecular weight is 318 g/mol. The predicted octanol–water partition coefficient (Wildman–Crippen LogP) is 1.91. The molecule has 0 aromatic carbocycles. The first-order valence-electron chi connectivity index (χ1n) is 6.00. The van der Waals surface area contributed by atoms with Crippen molar-refractivity contribution >= 4 is 21.7 Å². The van der Waals surface area contributed by atoms with E-state index in [1.807, 2.05) is 20.8 Å². The van der Waals surface area contributed by atoms with Crippen LogP contribution in [0.1, 0.15) is 38.9 Å². The first kappa shape index (κ1) is 15.3. The van der Waals surface area contributed by atoms with Gasteiger partial charge in [0.15, 0.2) is 0 Å². The van der Waals surface area contributed by atoms with E-state index in [4.69, 9.17) is 0 Å². The predicted molar refractivity (Wildman–Crippen MR) is 74.6 cm³/mol. The van der Waals surface area contributed by atoms with Gasteiger partial charge >= 0.3 is 0 Å². The van der Waals surface area contributed by atoms with Gasteiger partial charge < -0.3 is 15.5 Å². The maximum Gasteiger partial charge on any atom is 0.134 e. The van der Waals surface area contributed by atoms with Crippen LogP contribution in [-0.2, 0) is 0 Å². The maximum atomic E-state index is 9.41. The Morgan fingerprint density at radius 3 is 2.39 bits per heavy atom. The van der Waals surface area contributed by atoms with E-state index < -0.39 is 5.54 Å². The zero-order chi connectivity index (χ0) is 13.8. The lowest BCUT2D eigenvalue weighted by Gasteiger charge is -2.30. The summed E-state index contributed by atoms with van der Waals surface area (Å²) in [6.07, 6.45) is 0.596. The highest BCUT2D eigenvalue weighted by molar-refractivity contribution is 9.10. The summed E-state index contributed by atoms with van der Waals surface area (Å²) in [6.45, 7) is 5.61. The summed E-state index contributed by atoms with van der Waals surface area (Å²) < 4.78 is 0.685. The number of anilines is 1. The summed E-state index contributed by atoms with van der Waals surface area (Å²) in [7, 11) is 0. The first-order chi connectivity index (χ1) is 8.46. The van der Waals surface area contributed by atoms with Crippen molar-refractivity contribution in [3.05, 3.63) is 16.5 Å². The second-order valence-electron chi connectivity index (χ2n) is 4.66. The Kier molecular flexibility index (Phi) is 5.49. The van der Waals surface area contributed by atoms with Gasteiger partial charge in [-0.25, -0.2) is 9.97 Å². The topological polar surface area (TPSA) is 78.3 Å². The molecular formula is C12H20BrN3O2. The highest BCUT2D eigenvalue weighted by atomic mass is 79.9. The fourth-order valence-electron chi connectivity index (χ4n) is 1.47. The summed E-state index contributed by atoms with van der Waals surface area (Å²) in [4.78, 5) is 8.67. The second-order valence-corrected chi connectivity index (χ2v) is 5.48. The van der Waals surface area contributed by atoms with Crippen molar-refractivity contribution in [2.75, 3.05) is 18.5 Å². The van der Waals surface area contributed by atoms with Gasteiger partial charge in [0.1, 0.15) is 16.2 Å². The molecule has 1 aromatic heterocycles. The van der Waals surface area contributed by atoms with E-state index in [0.29, 0.717) is 22.7 Å². The normalized spacial score (nSPS) is 11.9. The van der Waals surface area contributed by atoms with Crippen LogP contribution in [0.25, 0.3) is 0 Å². The van der Waals surface area contributed by atoms with Gasteiger partial charge in [-0.1, -0.05) is 20.8 Å². The van der Waals surface area contributed by atoms with Gasteiger partial charge in [-0.05, 0) is 22.4 Å². The Bertz CT molecular complexity index is 387. The average Bonchev–Trinajstić information content (AvgIpc) is 2.35. The van der Waals surface area contributed by atoms with Crippen molar-refractivity contribution in [3.63, 3.8) is 0 Å². The van der Waals surface area contributed by atoms with Crippen LogP contribution >= 0.6 is 15.9 Å². The largest absolute Gasteiger partial charge is 0.394 e. The number of aliphatic hydroxyl groups is 2. The monoisotopic (exact) mass is 317 g/mol. The van der Waals surface area contributed by atoms with Crippen LogP contribution in [0.15, 0.2) is 10.7 Å². The molecule has 0 spiro atoms. The molecule has 0 aliphatic rings. The van der Waals surface area contributed by atoms with Gasteiger partial charge in [0.25, 0.3) is 0 Å². The molecule has 6 heteroatoms. The highest BCUT2D eigenvalue weighted by Gasteiger charge is 2.27. The number of halogens is 1. The van der Waals surface area contributed by atoms with Crippen molar-refractivity contribution in [2.24, 2.45) is 0 Å². The number of nitrogens with zero attached hydrogens (tertiary/aromatic N) is 2. The second kappa shape index (κ2) is 6.45. The van der Waals surface area contributed by atoms with E-state index in [0.717, 1.165) is 0 Å². The Hall–Kier alpha value is -0.720. The van der Waals surface area contributed by atoms with E-state index in [2.05, 4.69) is 31.2 Å². The zero-order valence-corrected chi connectivity index (χ0v) is 12.5. The fourth-order valence-corrected chi connectivity index (χ4v) is 1.87. The molecule has 3 N–H and O–H groups in total. The molecule has 5 nitrogen and oxygen atoms in total. The molecule has 102 valence electrons. The Morgan fingerprint density at radius 2 is 1.94 bits per heavy atom. The molecule has 0 saturated carbocycles. The lowest BCUT2D eigenvalue weighted by Crippen LogP contribution is -2.45. The number of hydrogen-bond acceptors (Lipinski definition) is 5. The minimum Gasteiger partial charge on any atom is -0.394 e. The molecule has 1 rings (SSSR count). The van der Waals surface area contributed by atoms with E-state index in [1.54, 1.807) is 6.07 Å². The lowest BCUT2D eigenvalue weighted by atomic mass is 9.98. The standard InChI is InChI=1S/C12H20BrN3O2/c1-4-12(6-17,7-18)16-10-5-9(13)14-11(15-10)8(2)3/h5,8,17-18H,4,6-7H2,1-3H3,(H,14,15,16). The molecule has 0 saturated heterocycles. The molecule has 0 unspecified atom stereocenters. The Balaban J connectivity index is 3.03. The Labute approximate surface area is 116 Å². The minimum absolute atomic E-state index is 0.154. The van der Waals surface area contributed by atoms with Crippen LogP contribution in [-0.4, -0.2) is 38.9 Å². The molecular weight excluding hydrogens is 298 g/mol. The third kappa shape index (κ3) is 3.63. The van der Waals surface area contributed by atoms with E-state index in [9.17, 15) is 10.2 Å². The molecule has 0 aliphatic heterocycles. The fraction of sp³-hybridized carbons (Fsp3) is 0.667. The number of aromatic nitrogens is 2. The van der Waals surface area contributed by atoms with Crippen LogP contribution in [0.4, 0.5) is 5.82 Å².